The second-order valence-electron chi connectivity index (χ2n) is 3.36. The van der Waals surface area contributed by atoms with E-state index in [2.05, 4.69) is 32.9 Å². The maximum absolute atomic E-state index is 9.36. The van der Waals surface area contributed by atoms with Gasteiger partial charge in [0.1, 0.15) is 5.69 Å². The van der Waals surface area contributed by atoms with Crippen LogP contribution in [0.4, 0.5) is 0 Å². The third-order valence-corrected chi connectivity index (χ3v) is 3.19. The molecule has 84 valence electrons. The molecule has 0 bridgehead atoms. The third kappa shape index (κ3) is 2.36. The van der Waals surface area contributed by atoms with Gasteiger partial charge in [0.05, 0.1) is 18.0 Å². The Morgan fingerprint density at radius 2 is 2.25 bits per heavy atom. The first-order chi connectivity index (χ1) is 7.58. The van der Waals surface area contributed by atoms with Crippen LogP contribution >= 0.6 is 34.2 Å². The van der Waals surface area contributed by atoms with Crippen LogP contribution in [0.3, 0.4) is 0 Å². The van der Waals surface area contributed by atoms with Gasteiger partial charge in [-0.1, -0.05) is 16.8 Å². The van der Waals surface area contributed by atoms with Crippen molar-refractivity contribution in [3.05, 3.63) is 38.7 Å². The summed E-state index contributed by atoms with van der Waals surface area (Å²) in [6.07, 6.45) is 1.09. The van der Waals surface area contributed by atoms with Crippen LogP contribution in [0, 0.1) is 3.57 Å². The van der Waals surface area contributed by atoms with Gasteiger partial charge in [-0.15, -0.1) is 5.10 Å². The largest absolute Gasteiger partial charge is 0.387 e. The van der Waals surface area contributed by atoms with Crippen LogP contribution in [0.2, 0.25) is 5.02 Å². The van der Waals surface area contributed by atoms with Crippen molar-refractivity contribution in [3.8, 4) is 5.69 Å². The Balaban J connectivity index is 2.42. The second-order valence-corrected chi connectivity index (χ2v) is 4.96. The van der Waals surface area contributed by atoms with Crippen LogP contribution in [0.15, 0.2) is 24.4 Å². The van der Waals surface area contributed by atoms with E-state index < -0.39 is 6.10 Å². The number of aliphatic hydroxyl groups excluding tert-OH is 1. The summed E-state index contributed by atoms with van der Waals surface area (Å²) in [4.78, 5) is 0. The molecule has 1 unspecified atom stereocenters. The van der Waals surface area contributed by atoms with Crippen molar-refractivity contribution in [1.29, 1.82) is 0 Å². The first kappa shape index (κ1) is 11.8. The Labute approximate surface area is 111 Å². The zero-order valence-electron chi connectivity index (χ0n) is 8.43. The fraction of sp³-hybridized carbons (Fsp3) is 0.200. The Morgan fingerprint density at radius 1 is 1.50 bits per heavy atom. The molecule has 0 aliphatic heterocycles. The molecule has 0 spiro atoms. The van der Waals surface area contributed by atoms with E-state index in [0.29, 0.717) is 10.7 Å². The van der Waals surface area contributed by atoms with Gasteiger partial charge in [0.15, 0.2) is 0 Å². The third-order valence-electron chi connectivity index (χ3n) is 2.10. The summed E-state index contributed by atoms with van der Waals surface area (Å²) in [6.45, 7) is 1.65. The fourth-order valence-corrected chi connectivity index (χ4v) is 2.37. The summed E-state index contributed by atoms with van der Waals surface area (Å²) in [6, 6.07) is 5.51. The van der Waals surface area contributed by atoms with E-state index in [4.69, 9.17) is 11.6 Å². The zero-order chi connectivity index (χ0) is 11.7. The Morgan fingerprint density at radius 3 is 2.81 bits per heavy atom. The van der Waals surface area contributed by atoms with Crippen molar-refractivity contribution in [2.75, 3.05) is 0 Å². The molecule has 1 atom stereocenters. The Hall–Kier alpha value is -0.660. The first-order valence-electron chi connectivity index (χ1n) is 4.63. The number of hydrogen-bond donors (Lipinski definition) is 1. The molecule has 0 saturated carbocycles. The molecule has 2 aromatic rings. The molecule has 0 fully saturated rings. The molecule has 6 heteroatoms. The minimum absolute atomic E-state index is 0.547. The predicted octanol–water partition coefficient (Wildman–Crippen LogP) is 2.58. The molecule has 4 nitrogen and oxygen atoms in total. The molecule has 0 saturated heterocycles. The van der Waals surface area contributed by atoms with Gasteiger partial charge < -0.3 is 5.11 Å². The number of nitrogens with zero attached hydrogens (tertiary/aromatic N) is 3. The van der Waals surface area contributed by atoms with Gasteiger partial charge in [0.25, 0.3) is 0 Å². The van der Waals surface area contributed by atoms with Crippen molar-refractivity contribution in [2.45, 2.75) is 13.0 Å². The van der Waals surface area contributed by atoms with Crippen LogP contribution in [0.1, 0.15) is 18.7 Å². The van der Waals surface area contributed by atoms with E-state index in [1.165, 1.54) is 0 Å². The Bertz CT molecular complexity index is 513. The smallest absolute Gasteiger partial charge is 0.111 e. The molecule has 0 amide bonds. The quantitative estimate of drug-likeness (QED) is 0.848. The number of hydrogen-bond acceptors (Lipinski definition) is 3. The lowest BCUT2D eigenvalue weighted by Crippen LogP contribution is -1.97. The molecule has 1 aromatic carbocycles. The van der Waals surface area contributed by atoms with Gasteiger partial charge in [-0.3, -0.25) is 0 Å². The van der Waals surface area contributed by atoms with Crippen LogP contribution in [-0.4, -0.2) is 20.1 Å². The van der Waals surface area contributed by atoms with Gasteiger partial charge in [0, 0.05) is 8.59 Å². The maximum atomic E-state index is 9.36. The lowest BCUT2D eigenvalue weighted by molar-refractivity contribution is 0.194. The second kappa shape index (κ2) is 4.68. The normalized spacial score (nSPS) is 12.8. The highest BCUT2D eigenvalue weighted by molar-refractivity contribution is 14.1. The van der Waals surface area contributed by atoms with Crippen LogP contribution in [-0.2, 0) is 0 Å². The Kier molecular flexibility index (Phi) is 3.46. The van der Waals surface area contributed by atoms with Gasteiger partial charge in [-0.05, 0) is 47.7 Å². The summed E-state index contributed by atoms with van der Waals surface area (Å²) in [7, 11) is 0. The molecular formula is C10H9ClIN3O. The predicted molar refractivity (Wildman–Crippen MR) is 69.7 cm³/mol. The lowest BCUT2D eigenvalue weighted by atomic mass is 10.3. The van der Waals surface area contributed by atoms with Crippen LogP contribution in [0.5, 0.6) is 0 Å². The number of aromatic nitrogens is 3. The van der Waals surface area contributed by atoms with E-state index in [1.807, 2.05) is 12.1 Å². The van der Waals surface area contributed by atoms with E-state index >= 15 is 0 Å². The van der Waals surface area contributed by atoms with Crippen LogP contribution < -0.4 is 0 Å². The minimum atomic E-state index is -0.612. The summed E-state index contributed by atoms with van der Waals surface area (Å²) < 4.78 is 2.60. The number of benzene rings is 1. The topological polar surface area (TPSA) is 50.9 Å². The van der Waals surface area contributed by atoms with E-state index in [1.54, 1.807) is 23.9 Å². The van der Waals surface area contributed by atoms with Crippen molar-refractivity contribution < 1.29 is 5.11 Å². The highest BCUT2D eigenvalue weighted by Gasteiger charge is 2.09. The first-order valence-corrected chi connectivity index (χ1v) is 6.09. The standard InChI is InChI=1S/C10H9ClIN3O/c1-6(16)9-5-15(14-13-9)10-3-2-7(11)4-8(10)12/h2-6,16H,1H3. The molecule has 1 heterocycles. The van der Waals surface area contributed by atoms with Gasteiger partial charge >= 0.3 is 0 Å². The van der Waals surface area contributed by atoms with E-state index in [9.17, 15) is 5.11 Å². The number of rotatable bonds is 2. The minimum Gasteiger partial charge on any atom is -0.387 e. The molecule has 0 aliphatic rings. The average molecular weight is 350 g/mol. The summed E-state index contributed by atoms with van der Waals surface area (Å²) in [5.41, 5.74) is 1.44. The van der Waals surface area contributed by atoms with Gasteiger partial charge in [0.2, 0.25) is 0 Å². The van der Waals surface area contributed by atoms with Gasteiger partial charge in [-0.2, -0.15) is 0 Å². The van der Waals surface area contributed by atoms with Crippen molar-refractivity contribution in [2.24, 2.45) is 0 Å². The van der Waals surface area contributed by atoms with Crippen molar-refractivity contribution >= 4 is 34.2 Å². The molecule has 0 aliphatic carbocycles. The number of aliphatic hydroxyl groups is 1. The molecule has 0 radical (unpaired) electrons. The lowest BCUT2D eigenvalue weighted by Gasteiger charge is -2.03. The molecular weight excluding hydrogens is 340 g/mol. The zero-order valence-corrected chi connectivity index (χ0v) is 11.3. The molecule has 1 aromatic heterocycles. The molecule has 16 heavy (non-hydrogen) atoms. The van der Waals surface area contributed by atoms with Crippen molar-refractivity contribution in [3.63, 3.8) is 0 Å². The molecule has 1 N–H and O–H groups in total. The molecule has 2 rings (SSSR count). The van der Waals surface area contributed by atoms with Crippen LogP contribution in [0.25, 0.3) is 5.69 Å². The maximum Gasteiger partial charge on any atom is 0.111 e. The highest BCUT2D eigenvalue weighted by Crippen LogP contribution is 2.21. The van der Waals surface area contributed by atoms with E-state index in [-0.39, 0.29) is 0 Å². The SMILES string of the molecule is CC(O)c1cn(-c2ccc(Cl)cc2I)nn1. The summed E-state index contributed by atoms with van der Waals surface area (Å²) in [5.74, 6) is 0. The summed E-state index contributed by atoms with van der Waals surface area (Å²) in [5, 5.41) is 17.9. The van der Waals surface area contributed by atoms with E-state index in [0.717, 1.165) is 9.26 Å². The number of halogens is 2. The van der Waals surface area contributed by atoms with Crippen molar-refractivity contribution in [1.82, 2.24) is 15.0 Å². The average Bonchev–Trinajstić information content (AvgIpc) is 2.66. The highest BCUT2D eigenvalue weighted by atomic mass is 127. The monoisotopic (exact) mass is 349 g/mol. The summed E-state index contributed by atoms with van der Waals surface area (Å²) >= 11 is 8.05. The fourth-order valence-electron chi connectivity index (χ4n) is 1.25. The van der Waals surface area contributed by atoms with Gasteiger partial charge in [-0.25, -0.2) is 4.68 Å².